The van der Waals surface area contributed by atoms with Gasteiger partial charge in [0.2, 0.25) is 5.91 Å². The van der Waals surface area contributed by atoms with Gasteiger partial charge in [0.25, 0.3) is 0 Å². The zero-order valence-electron chi connectivity index (χ0n) is 12.5. The first-order chi connectivity index (χ1) is 9.15. The third-order valence-electron chi connectivity index (χ3n) is 4.82. The monoisotopic (exact) mass is 267 g/mol. The molecule has 4 heteroatoms. The van der Waals surface area contributed by atoms with E-state index in [2.05, 4.69) is 22.5 Å². The van der Waals surface area contributed by atoms with Crippen molar-refractivity contribution in [3.63, 3.8) is 0 Å². The molecule has 2 N–H and O–H groups in total. The van der Waals surface area contributed by atoms with Crippen LogP contribution >= 0.6 is 0 Å². The SMILES string of the molecule is CNCCC1CCN(C(=O)C2(C)CCCNC2)CC1. The van der Waals surface area contributed by atoms with Crippen LogP contribution in [0.5, 0.6) is 0 Å². The lowest BCUT2D eigenvalue weighted by atomic mass is 9.80. The molecule has 1 unspecified atom stereocenters. The lowest BCUT2D eigenvalue weighted by molar-refractivity contribution is -0.143. The molecule has 0 aromatic rings. The third kappa shape index (κ3) is 3.69. The molecule has 19 heavy (non-hydrogen) atoms. The number of amides is 1. The van der Waals surface area contributed by atoms with Gasteiger partial charge in [-0.05, 0) is 65.1 Å². The van der Waals surface area contributed by atoms with E-state index in [4.69, 9.17) is 0 Å². The number of rotatable bonds is 4. The standard InChI is InChI=1S/C15H29N3O/c1-15(7-3-8-17-12-15)14(19)18-10-5-13(6-11-18)4-9-16-2/h13,16-17H,3-12H2,1-2H3. The maximum Gasteiger partial charge on any atom is 0.229 e. The first-order valence-electron chi connectivity index (χ1n) is 7.80. The number of hydrogen-bond donors (Lipinski definition) is 2. The minimum atomic E-state index is -0.157. The van der Waals surface area contributed by atoms with Gasteiger partial charge in [0.15, 0.2) is 0 Å². The largest absolute Gasteiger partial charge is 0.342 e. The Balaban J connectivity index is 1.81. The highest BCUT2D eigenvalue weighted by molar-refractivity contribution is 5.82. The summed E-state index contributed by atoms with van der Waals surface area (Å²) in [4.78, 5) is 14.8. The van der Waals surface area contributed by atoms with Gasteiger partial charge in [-0.1, -0.05) is 0 Å². The molecule has 110 valence electrons. The van der Waals surface area contributed by atoms with Crippen molar-refractivity contribution >= 4 is 5.91 Å². The van der Waals surface area contributed by atoms with Crippen molar-refractivity contribution < 1.29 is 4.79 Å². The summed E-state index contributed by atoms with van der Waals surface area (Å²) < 4.78 is 0. The summed E-state index contributed by atoms with van der Waals surface area (Å²) >= 11 is 0. The summed E-state index contributed by atoms with van der Waals surface area (Å²) in [5.41, 5.74) is -0.157. The van der Waals surface area contributed by atoms with Crippen molar-refractivity contribution in [3.05, 3.63) is 0 Å². The lowest BCUT2D eigenvalue weighted by Gasteiger charge is -2.40. The van der Waals surface area contributed by atoms with Crippen molar-refractivity contribution in [2.24, 2.45) is 11.3 Å². The quantitative estimate of drug-likeness (QED) is 0.805. The molecule has 2 saturated heterocycles. The van der Waals surface area contributed by atoms with Gasteiger partial charge in [-0.25, -0.2) is 0 Å². The average molecular weight is 267 g/mol. The molecule has 0 spiro atoms. The molecular formula is C15H29N3O. The van der Waals surface area contributed by atoms with E-state index in [9.17, 15) is 4.79 Å². The van der Waals surface area contributed by atoms with Gasteiger partial charge in [-0.3, -0.25) is 4.79 Å². The number of piperidine rings is 2. The molecule has 2 aliphatic rings. The topological polar surface area (TPSA) is 44.4 Å². The minimum Gasteiger partial charge on any atom is -0.342 e. The Morgan fingerprint density at radius 2 is 2.16 bits per heavy atom. The fraction of sp³-hybridized carbons (Fsp3) is 0.933. The van der Waals surface area contributed by atoms with E-state index in [-0.39, 0.29) is 5.41 Å². The number of nitrogens with zero attached hydrogens (tertiary/aromatic N) is 1. The number of carbonyl (C=O) groups is 1. The highest BCUT2D eigenvalue weighted by Crippen LogP contribution is 2.30. The van der Waals surface area contributed by atoms with Crippen LogP contribution in [-0.2, 0) is 4.79 Å². The van der Waals surface area contributed by atoms with Crippen LogP contribution in [0.2, 0.25) is 0 Å². The molecule has 1 atom stereocenters. The summed E-state index contributed by atoms with van der Waals surface area (Å²) in [6, 6.07) is 0. The molecule has 0 aliphatic carbocycles. The third-order valence-corrected chi connectivity index (χ3v) is 4.82. The number of likely N-dealkylation sites (tertiary alicyclic amines) is 1. The van der Waals surface area contributed by atoms with Gasteiger partial charge in [-0.15, -0.1) is 0 Å². The average Bonchev–Trinajstić information content (AvgIpc) is 2.46. The Hall–Kier alpha value is -0.610. The van der Waals surface area contributed by atoms with E-state index in [1.807, 2.05) is 7.05 Å². The minimum absolute atomic E-state index is 0.157. The number of hydrogen-bond acceptors (Lipinski definition) is 3. The van der Waals surface area contributed by atoms with Crippen molar-refractivity contribution in [1.82, 2.24) is 15.5 Å². The Labute approximate surface area is 117 Å². The molecule has 0 bridgehead atoms. The first kappa shape index (κ1) is 14.8. The Kier molecular flexibility index (Phi) is 5.22. The highest BCUT2D eigenvalue weighted by Gasteiger charge is 2.38. The van der Waals surface area contributed by atoms with Crippen LogP contribution in [0.1, 0.15) is 39.0 Å². The normalized spacial score (nSPS) is 29.5. The van der Waals surface area contributed by atoms with Gasteiger partial charge in [0.05, 0.1) is 5.41 Å². The zero-order valence-corrected chi connectivity index (χ0v) is 12.5. The van der Waals surface area contributed by atoms with Crippen molar-refractivity contribution in [1.29, 1.82) is 0 Å². The maximum atomic E-state index is 12.7. The second-order valence-electron chi connectivity index (χ2n) is 6.47. The molecule has 1 amide bonds. The van der Waals surface area contributed by atoms with Crippen LogP contribution in [0.15, 0.2) is 0 Å². The Morgan fingerprint density at radius 3 is 2.74 bits per heavy atom. The summed E-state index contributed by atoms with van der Waals surface area (Å²) in [5, 5.41) is 6.59. The van der Waals surface area contributed by atoms with Gasteiger partial charge in [0, 0.05) is 19.6 Å². The summed E-state index contributed by atoms with van der Waals surface area (Å²) in [6.45, 7) is 7.07. The van der Waals surface area contributed by atoms with Gasteiger partial charge in [0.1, 0.15) is 0 Å². The maximum absolute atomic E-state index is 12.7. The fourth-order valence-electron chi connectivity index (χ4n) is 3.39. The molecule has 4 nitrogen and oxygen atoms in total. The Morgan fingerprint density at radius 1 is 1.42 bits per heavy atom. The molecule has 0 saturated carbocycles. The van der Waals surface area contributed by atoms with Crippen LogP contribution in [0.25, 0.3) is 0 Å². The first-order valence-corrected chi connectivity index (χ1v) is 7.80. The van der Waals surface area contributed by atoms with Gasteiger partial charge >= 0.3 is 0 Å². The predicted molar refractivity (Wildman–Crippen MR) is 78.1 cm³/mol. The van der Waals surface area contributed by atoms with Gasteiger partial charge in [-0.2, -0.15) is 0 Å². The Bertz CT molecular complexity index is 292. The van der Waals surface area contributed by atoms with Crippen LogP contribution in [0, 0.1) is 11.3 Å². The van der Waals surface area contributed by atoms with E-state index in [0.717, 1.165) is 51.5 Å². The van der Waals surface area contributed by atoms with Crippen LogP contribution in [0.4, 0.5) is 0 Å². The van der Waals surface area contributed by atoms with Crippen molar-refractivity contribution in [2.75, 3.05) is 39.8 Å². The zero-order chi connectivity index (χ0) is 13.7. The van der Waals surface area contributed by atoms with E-state index < -0.39 is 0 Å². The van der Waals surface area contributed by atoms with Crippen LogP contribution < -0.4 is 10.6 Å². The van der Waals surface area contributed by atoms with Crippen LogP contribution in [-0.4, -0.2) is 50.6 Å². The molecule has 0 aromatic carbocycles. The molecule has 0 radical (unpaired) electrons. The number of nitrogens with one attached hydrogen (secondary N) is 2. The molecule has 0 aromatic heterocycles. The summed E-state index contributed by atoms with van der Waals surface area (Å²) in [6.07, 6.45) is 5.77. The van der Waals surface area contributed by atoms with Crippen LogP contribution in [0.3, 0.4) is 0 Å². The van der Waals surface area contributed by atoms with E-state index >= 15 is 0 Å². The number of carbonyl (C=O) groups excluding carboxylic acids is 1. The van der Waals surface area contributed by atoms with Gasteiger partial charge < -0.3 is 15.5 Å². The molecule has 2 aliphatic heterocycles. The molecule has 2 heterocycles. The van der Waals surface area contributed by atoms with Crippen molar-refractivity contribution in [3.8, 4) is 0 Å². The fourth-order valence-corrected chi connectivity index (χ4v) is 3.39. The predicted octanol–water partition coefficient (Wildman–Crippen LogP) is 1.22. The summed E-state index contributed by atoms with van der Waals surface area (Å²) in [5.74, 6) is 1.18. The lowest BCUT2D eigenvalue weighted by Crippen LogP contribution is -2.52. The second kappa shape index (κ2) is 6.71. The second-order valence-corrected chi connectivity index (χ2v) is 6.47. The summed E-state index contributed by atoms with van der Waals surface area (Å²) in [7, 11) is 2.01. The van der Waals surface area contributed by atoms with E-state index in [0.29, 0.717) is 5.91 Å². The molecular weight excluding hydrogens is 238 g/mol. The van der Waals surface area contributed by atoms with Crippen molar-refractivity contribution in [2.45, 2.75) is 39.0 Å². The molecule has 2 fully saturated rings. The van der Waals surface area contributed by atoms with E-state index in [1.54, 1.807) is 0 Å². The smallest absolute Gasteiger partial charge is 0.229 e. The molecule has 2 rings (SSSR count). The highest BCUT2D eigenvalue weighted by atomic mass is 16.2. The van der Waals surface area contributed by atoms with E-state index in [1.165, 1.54) is 19.3 Å².